The van der Waals surface area contributed by atoms with E-state index in [-0.39, 0.29) is 5.82 Å². The van der Waals surface area contributed by atoms with Gasteiger partial charge in [-0.25, -0.2) is 4.39 Å². The van der Waals surface area contributed by atoms with Crippen LogP contribution in [0.5, 0.6) is 0 Å². The Hall–Kier alpha value is -1.42. The minimum absolute atomic E-state index is 0.311. The summed E-state index contributed by atoms with van der Waals surface area (Å²) in [6, 6.07) is 3.80. The molecule has 0 spiro atoms. The summed E-state index contributed by atoms with van der Waals surface area (Å²) in [6.45, 7) is 3.16. The van der Waals surface area contributed by atoms with Gasteiger partial charge < -0.3 is 10.8 Å². The summed E-state index contributed by atoms with van der Waals surface area (Å²) >= 11 is 0. The Morgan fingerprint density at radius 1 is 1.53 bits per heavy atom. The van der Waals surface area contributed by atoms with E-state index in [2.05, 4.69) is 0 Å². The van der Waals surface area contributed by atoms with Crippen molar-refractivity contribution in [2.75, 3.05) is 0 Å². The molecule has 0 aromatic heterocycles. The normalized spacial score (nSPS) is 14.7. The molecule has 1 rings (SSSR count). The van der Waals surface area contributed by atoms with Gasteiger partial charge in [0.15, 0.2) is 0 Å². The molecule has 3 nitrogen and oxygen atoms in total. The molecule has 1 aromatic rings. The maximum atomic E-state index is 13.0. The Morgan fingerprint density at radius 2 is 2.13 bits per heavy atom. The van der Waals surface area contributed by atoms with Crippen molar-refractivity contribution in [3.05, 3.63) is 35.1 Å². The minimum atomic E-state index is -0.954. The van der Waals surface area contributed by atoms with Gasteiger partial charge in [0.05, 0.1) is 5.92 Å². The van der Waals surface area contributed by atoms with Crippen molar-refractivity contribution >= 4 is 5.97 Å². The number of aryl methyl sites for hydroxylation is 1. The topological polar surface area (TPSA) is 63.3 Å². The molecule has 0 heterocycles. The zero-order valence-electron chi connectivity index (χ0n) is 8.70. The van der Waals surface area contributed by atoms with Gasteiger partial charge in [-0.05, 0) is 24.1 Å². The van der Waals surface area contributed by atoms with Crippen molar-refractivity contribution in [3.63, 3.8) is 0 Å². The van der Waals surface area contributed by atoms with Gasteiger partial charge in [0.25, 0.3) is 0 Å². The molecule has 0 bridgehead atoms. The number of rotatable bonds is 3. The van der Waals surface area contributed by atoms with Gasteiger partial charge in [0, 0.05) is 6.04 Å². The third-order valence-electron chi connectivity index (χ3n) is 2.50. The van der Waals surface area contributed by atoms with Crippen LogP contribution in [0.1, 0.15) is 24.1 Å². The second-order valence-corrected chi connectivity index (χ2v) is 3.66. The number of carboxylic acid groups (broad SMARTS) is 1. The predicted octanol–water partition coefficient (Wildman–Crippen LogP) is 1.85. The highest BCUT2D eigenvalue weighted by molar-refractivity contribution is 5.70. The largest absolute Gasteiger partial charge is 0.481 e. The molecule has 0 aliphatic rings. The van der Waals surface area contributed by atoms with Crippen LogP contribution in [-0.2, 0) is 4.79 Å². The van der Waals surface area contributed by atoms with Crippen LogP contribution in [0.2, 0.25) is 0 Å². The molecule has 4 heteroatoms. The molecule has 2 atom stereocenters. The van der Waals surface area contributed by atoms with Gasteiger partial charge in [-0.1, -0.05) is 19.1 Å². The summed E-state index contributed by atoms with van der Waals surface area (Å²) in [7, 11) is 0. The van der Waals surface area contributed by atoms with Gasteiger partial charge >= 0.3 is 5.97 Å². The van der Waals surface area contributed by atoms with E-state index >= 15 is 0 Å². The van der Waals surface area contributed by atoms with E-state index in [1.54, 1.807) is 13.0 Å². The molecule has 15 heavy (non-hydrogen) atoms. The smallest absolute Gasteiger partial charge is 0.308 e. The Labute approximate surface area is 87.7 Å². The third kappa shape index (κ3) is 2.53. The molecule has 82 valence electrons. The van der Waals surface area contributed by atoms with Crippen molar-refractivity contribution in [2.45, 2.75) is 19.9 Å². The first-order chi connectivity index (χ1) is 6.93. The second-order valence-electron chi connectivity index (χ2n) is 3.66. The third-order valence-corrected chi connectivity index (χ3v) is 2.50. The van der Waals surface area contributed by atoms with Gasteiger partial charge in [-0.3, -0.25) is 4.79 Å². The second kappa shape index (κ2) is 4.40. The standard InChI is InChI=1S/C11H14FNO2/c1-6-5-8(3-4-9(6)12)10(13)7(2)11(14)15/h3-5,7,10H,13H2,1-2H3,(H,14,15). The molecule has 0 fully saturated rings. The summed E-state index contributed by atoms with van der Waals surface area (Å²) in [4.78, 5) is 10.7. The molecule has 0 saturated carbocycles. The molecule has 1 aromatic carbocycles. The SMILES string of the molecule is Cc1cc(C(N)C(C)C(=O)O)ccc1F. The zero-order valence-corrected chi connectivity index (χ0v) is 8.70. The molecular weight excluding hydrogens is 197 g/mol. The number of benzene rings is 1. The summed E-state index contributed by atoms with van der Waals surface area (Å²) in [6.07, 6.45) is 0. The minimum Gasteiger partial charge on any atom is -0.481 e. The van der Waals surface area contributed by atoms with Crippen LogP contribution in [0, 0.1) is 18.7 Å². The summed E-state index contributed by atoms with van der Waals surface area (Å²) in [5.74, 6) is -1.95. The van der Waals surface area contributed by atoms with E-state index in [9.17, 15) is 9.18 Å². The van der Waals surface area contributed by atoms with Crippen LogP contribution in [0.4, 0.5) is 4.39 Å². The number of carbonyl (C=O) groups is 1. The van der Waals surface area contributed by atoms with Crippen LogP contribution in [0.3, 0.4) is 0 Å². The highest BCUT2D eigenvalue weighted by atomic mass is 19.1. The lowest BCUT2D eigenvalue weighted by Crippen LogP contribution is -2.25. The fourth-order valence-corrected chi connectivity index (χ4v) is 1.32. The molecule has 3 N–H and O–H groups in total. The average Bonchev–Trinajstić information content (AvgIpc) is 2.19. The number of nitrogens with two attached hydrogens (primary N) is 1. The maximum Gasteiger partial charge on any atom is 0.308 e. The fraction of sp³-hybridized carbons (Fsp3) is 0.364. The molecule has 2 unspecified atom stereocenters. The monoisotopic (exact) mass is 211 g/mol. The highest BCUT2D eigenvalue weighted by Gasteiger charge is 2.21. The fourth-order valence-electron chi connectivity index (χ4n) is 1.32. The van der Waals surface area contributed by atoms with E-state index in [1.165, 1.54) is 19.1 Å². The van der Waals surface area contributed by atoms with Gasteiger partial charge in [0.1, 0.15) is 5.82 Å². The summed E-state index contributed by atoms with van der Waals surface area (Å²) in [5, 5.41) is 8.78. The van der Waals surface area contributed by atoms with Crippen LogP contribution in [0.25, 0.3) is 0 Å². The zero-order chi connectivity index (χ0) is 11.6. The summed E-state index contributed by atoms with van der Waals surface area (Å²) < 4.78 is 13.0. The molecule has 0 amide bonds. The van der Waals surface area contributed by atoms with Gasteiger partial charge in [0.2, 0.25) is 0 Å². The number of carboxylic acids is 1. The van der Waals surface area contributed by atoms with E-state index in [0.29, 0.717) is 11.1 Å². The van der Waals surface area contributed by atoms with Gasteiger partial charge in [-0.15, -0.1) is 0 Å². The molecule has 0 radical (unpaired) electrons. The van der Waals surface area contributed by atoms with Crippen LogP contribution < -0.4 is 5.73 Å². The lowest BCUT2D eigenvalue weighted by atomic mass is 9.94. The van der Waals surface area contributed by atoms with E-state index in [0.717, 1.165) is 0 Å². The number of hydrogen-bond donors (Lipinski definition) is 2. The Bertz CT molecular complexity index is 379. The maximum absolute atomic E-state index is 13.0. The first kappa shape index (κ1) is 11.7. The van der Waals surface area contributed by atoms with E-state index in [4.69, 9.17) is 10.8 Å². The Balaban J connectivity index is 2.96. The van der Waals surface area contributed by atoms with Crippen LogP contribution in [-0.4, -0.2) is 11.1 Å². The van der Waals surface area contributed by atoms with Crippen molar-refractivity contribution < 1.29 is 14.3 Å². The van der Waals surface area contributed by atoms with Crippen LogP contribution >= 0.6 is 0 Å². The van der Waals surface area contributed by atoms with Crippen molar-refractivity contribution in [3.8, 4) is 0 Å². The number of hydrogen-bond acceptors (Lipinski definition) is 2. The average molecular weight is 211 g/mol. The first-order valence-electron chi connectivity index (χ1n) is 4.68. The van der Waals surface area contributed by atoms with Crippen molar-refractivity contribution in [1.29, 1.82) is 0 Å². The van der Waals surface area contributed by atoms with E-state index < -0.39 is 17.9 Å². The molecule has 0 aliphatic carbocycles. The Kier molecular flexibility index (Phi) is 3.42. The van der Waals surface area contributed by atoms with Crippen LogP contribution in [0.15, 0.2) is 18.2 Å². The number of halogens is 1. The molecule has 0 saturated heterocycles. The predicted molar refractivity (Wildman–Crippen MR) is 54.9 cm³/mol. The summed E-state index contributed by atoms with van der Waals surface area (Å²) in [5.41, 5.74) is 6.87. The van der Waals surface area contributed by atoms with Gasteiger partial charge in [-0.2, -0.15) is 0 Å². The molecular formula is C11H14FNO2. The first-order valence-corrected chi connectivity index (χ1v) is 4.68. The van der Waals surface area contributed by atoms with Crippen molar-refractivity contribution in [2.24, 2.45) is 11.7 Å². The van der Waals surface area contributed by atoms with E-state index in [1.807, 2.05) is 0 Å². The number of aliphatic carboxylic acids is 1. The highest BCUT2D eigenvalue weighted by Crippen LogP contribution is 2.21. The quantitative estimate of drug-likeness (QED) is 0.802. The Morgan fingerprint density at radius 3 is 2.60 bits per heavy atom. The lowest BCUT2D eigenvalue weighted by molar-refractivity contribution is -0.141. The molecule has 0 aliphatic heterocycles. The van der Waals surface area contributed by atoms with Crippen molar-refractivity contribution in [1.82, 2.24) is 0 Å². The lowest BCUT2D eigenvalue weighted by Gasteiger charge is -2.16.